The Hall–Kier alpha value is -2.75. The Morgan fingerprint density at radius 3 is 2.64 bits per heavy atom. The molecule has 1 aromatic heterocycles. The van der Waals surface area contributed by atoms with Gasteiger partial charge in [-0.1, -0.05) is 30.3 Å². The van der Waals surface area contributed by atoms with Gasteiger partial charge in [-0.25, -0.2) is 0 Å². The second-order valence-corrected chi connectivity index (χ2v) is 5.24. The van der Waals surface area contributed by atoms with Crippen LogP contribution in [0.15, 0.2) is 54.6 Å². The summed E-state index contributed by atoms with van der Waals surface area (Å²) in [6.07, 6.45) is 0. The first kappa shape index (κ1) is 14.2. The van der Waals surface area contributed by atoms with Crippen LogP contribution >= 0.6 is 0 Å². The number of H-pyrrole nitrogens is 1. The van der Waals surface area contributed by atoms with E-state index in [0.29, 0.717) is 5.69 Å². The average molecular weight is 294 g/mol. The van der Waals surface area contributed by atoms with Crippen LogP contribution in [0.4, 0.5) is 0 Å². The first-order valence-corrected chi connectivity index (χ1v) is 7.20. The van der Waals surface area contributed by atoms with Gasteiger partial charge in [0.25, 0.3) is 5.91 Å². The van der Waals surface area contributed by atoms with E-state index in [1.165, 1.54) is 0 Å². The first-order chi connectivity index (χ1) is 10.7. The molecule has 3 rings (SSSR count). The molecule has 3 aromatic rings. The molecule has 4 nitrogen and oxygen atoms in total. The van der Waals surface area contributed by atoms with Crippen molar-refractivity contribution in [1.29, 1.82) is 0 Å². The predicted molar refractivity (Wildman–Crippen MR) is 87.2 cm³/mol. The molecule has 1 heterocycles. The smallest absolute Gasteiger partial charge is 0.268 e. The van der Waals surface area contributed by atoms with Crippen LogP contribution in [0.3, 0.4) is 0 Å². The quantitative estimate of drug-likeness (QED) is 0.771. The fourth-order valence-corrected chi connectivity index (χ4v) is 2.45. The van der Waals surface area contributed by atoms with E-state index in [9.17, 15) is 4.79 Å². The highest BCUT2D eigenvalue weighted by Gasteiger charge is 2.13. The largest absolute Gasteiger partial charge is 0.497 e. The highest BCUT2D eigenvalue weighted by atomic mass is 16.5. The van der Waals surface area contributed by atoms with Crippen LogP contribution in [0, 0.1) is 0 Å². The molecule has 22 heavy (non-hydrogen) atoms. The molecular weight excluding hydrogens is 276 g/mol. The summed E-state index contributed by atoms with van der Waals surface area (Å²) in [5.74, 6) is 0.644. The Kier molecular flexibility index (Phi) is 3.83. The van der Waals surface area contributed by atoms with Gasteiger partial charge in [0.1, 0.15) is 11.4 Å². The first-order valence-electron chi connectivity index (χ1n) is 7.20. The van der Waals surface area contributed by atoms with Crippen LogP contribution in [0.2, 0.25) is 0 Å². The number of fused-ring (bicyclic) bond motifs is 1. The molecule has 2 aromatic carbocycles. The predicted octanol–water partition coefficient (Wildman–Crippen LogP) is 3.67. The van der Waals surface area contributed by atoms with Crippen molar-refractivity contribution in [2.24, 2.45) is 0 Å². The molecule has 1 amide bonds. The lowest BCUT2D eigenvalue weighted by Crippen LogP contribution is -2.26. The third kappa shape index (κ3) is 2.81. The third-order valence-electron chi connectivity index (χ3n) is 3.72. The van der Waals surface area contributed by atoms with E-state index >= 15 is 0 Å². The topological polar surface area (TPSA) is 54.1 Å². The SMILES string of the molecule is COc1ccc2cc(C(=O)N[C@H](C)c3ccccc3)[nH]c2c1. The van der Waals surface area contributed by atoms with Crippen molar-refractivity contribution in [2.75, 3.05) is 7.11 Å². The normalized spacial score (nSPS) is 12.1. The molecule has 0 radical (unpaired) electrons. The van der Waals surface area contributed by atoms with Crippen molar-refractivity contribution < 1.29 is 9.53 Å². The molecule has 1 atom stereocenters. The highest BCUT2D eigenvalue weighted by Crippen LogP contribution is 2.21. The summed E-state index contributed by atoms with van der Waals surface area (Å²) in [6, 6.07) is 17.4. The number of methoxy groups -OCH3 is 1. The fourth-order valence-electron chi connectivity index (χ4n) is 2.45. The minimum atomic E-state index is -0.119. The van der Waals surface area contributed by atoms with Gasteiger partial charge in [0, 0.05) is 17.0 Å². The average Bonchev–Trinajstić information content (AvgIpc) is 2.98. The van der Waals surface area contributed by atoms with Gasteiger partial charge in [-0.15, -0.1) is 0 Å². The van der Waals surface area contributed by atoms with E-state index in [1.54, 1.807) is 7.11 Å². The lowest BCUT2D eigenvalue weighted by molar-refractivity contribution is 0.0935. The van der Waals surface area contributed by atoms with Gasteiger partial charge in [-0.3, -0.25) is 4.79 Å². The van der Waals surface area contributed by atoms with Gasteiger partial charge < -0.3 is 15.0 Å². The number of amides is 1. The van der Waals surface area contributed by atoms with Crippen molar-refractivity contribution in [3.63, 3.8) is 0 Å². The van der Waals surface area contributed by atoms with Crippen LogP contribution in [0.1, 0.15) is 29.0 Å². The molecule has 0 unspecified atom stereocenters. The summed E-state index contributed by atoms with van der Waals surface area (Å²) < 4.78 is 5.19. The minimum absolute atomic E-state index is 0.0466. The van der Waals surface area contributed by atoms with Crippen LogP contribution in [0.5, 0.6) is 5.75 Å². The number of benzene rings is 2. The maximum absolute atomic E-state index is 12.4. The van der Waals surface area contributed by atoms with E-state index < -0.39 is 0 Å². The van der Waals surface area contributed by atoms with Gasteiger partial charge in [-0.05, 0) is 30.7 Å². The van der Waals surface area contributed by atoms with Crippen molar-refractivity contribution in [1.82, 2.24) is 10.3 Å². The van der Waals surface area contributed by atoms with Gasteiger partial charge in [0.05, 0.1) is 13.2 Å². The Balaban J connectivity index is 1.80. The maximum atomic E-state index is 12.4. The molecule has 0 aliphatic heterocycles. The molecule has 0 spiro atoms. The Morgan fingerprint density at radius 2 is 1.91 bits per heavy atom. The Labute approximate surface area is 129 Å². The summed E-state index contributed by atoms with van der Waals surface area (Å²) in [6.45, 7) is 1.97. The number of nitrogens with one attached hydrogen (secondary N) is 2. The fraction of sp³-hybridized carbons (Fsp3) is 0.167. The number of aromatic nitrogens is 1. The second kappa shape index (κ2) is 5.93. The van der Waals surface area contributed by atoms with E-state index in [-0.39, 0.29) is 11.9 Å². The van der Waals surface area contributed by atoms with E-state index in [0.717, 1.165) is 22.2 Å². The summed E-state index contributed by atoms with van der Waals surface area (Å²) in [4.78, 5) is 15.5. The molecule has 0 aliphatic rings. The zero-order chi connectivity index (χ0) is 15.5. The number of ether oxygens (including phenoxy) is 1. The lowest BCUT2D eigenvalue weighted by Gasteiger charge is -2.13. The van der Waals surface area contributed by atoms with Crippen molar-refractivity contribution in [2.45, 2.75) is 13.0 Å². The highest BCUT2D eigenvalue weighted by molar-refractivity contribution is 5.98. The number of hydrogen-bond donors (Lipinski definition) is 2. The van der Waals surface area contributed by atoms with E-state index in [2.05, 4.69) is 10.3 Å². The standard InChI is InChI=1S/C18H18N2O2/c1-12(13-6-4-3-5-7-13)19-18(21)17-10-14-8-9-15(22-2)11-16(14)20-17/h3-12,20H,1-2H3,(H,19,21)/t12-/m1/s1. The molecular formula is C18H18N2O2. The van der Waals surface area contributed by atoms with Gasteiger partial charge in [0.15, 0.2) is 0 Å². The Morgan fingerprint density at radius 1 is 1.14 bits per heavy atom. The molecule has 112 valence electrons. The molecule has 0 aliphatic carbocycles. The summed E-state index contributed by atoms with van der Waals surface area (Å²) in [5, 5.41) is 3.99. The lowest BCUT2D eigenvalue weighted by atomic mass is 10.1. The van der Waals surface area contributed by atoms with E-state index in [1.807, 2.05) is 61.5 Å². The van der Waals surface area contributed by atoms with Gasteiger partial charge in [-0.2, -0.15) is 0 Å². The number of carbonyl (C=O) groups is 1. The number of rotatable bonds is 4. The molecule has 0 saturated carbocycles. The van der Waals surface area contributed by atoms with Gasteiger partial charge in [0.2, 0.25) is 0 Å². The second-order valence-electron chi connectivity index (χ2n) is 5.24. The zero-order valence-corrected chi connectivity index (χ0v) is 12.6. The Bertz CT molecular complexity index is 793. The molecule has 0 fully saturated rings. The summed E-state index contributed by atoms with van der Waals surface area (Å²) in [7, 11) is 1.62. The zero-order valence-electron chi connectivity index (χ0n) is 12.6. The van der Waals surface area contributed by atoms with Gasteiger partial charge >= 0.3 is 0 Å². The van der Waals surface area contributed by atoms with E-state index in [4.69, 9.17) is 4.74 Å². The molecule has 0 saturated heterocycles. The summed E-state index contributed by atoms with van der Waals surface area (Å²) >= 11 is 0. The van der Waals surface area contributed by atoms with Crippen molar-refractivity contribution >= 4 is 16.8 Å². The third-order valence-corrected chi connectivity index (χ3v) is 3.72. The van der Waals surface area contributed by atoms with Crippen LogP contribution in [-0.4, -0.2) is 18.0 Å². The number of aromatic amines is 1. The van der Waals surface area contributed by atoms with Crippen LogP contribution in [0.25, 0.3) is 10.9 Å². The monoisotopic (exact) mass is 294 g/mol. The van der Waals surface area contributed by atoms with Crippen molar-refractivity contribution in [3.8, 4) is 5.75 Å². The summed E-state index contributed by atoms with van der Waals surface area (Å²) in [5.41, 5.74) is 2.51. The molecule has 4 heteroatoms. The molecule has 2 N–H and O–H groups in total. The minimum Gasteiger partial charge on any atom is -0.497 e. The number of carbonyl (C=O) groups excluding carboxylic acids is 1. The number of hydrogen-bond acceptors (Lipinski definition) is 2. The maximum Gasteiger partial charge on any atom is 0.268 e. The van der Waals surface area contributed by atoms with Crippen LogP contribution in [-0.2, 0) is 0 Å². The van der Waals surface area contributed by atoms with Crippen LogP contribution < -0.4 is 10.1 Å². The van der Waals surface area contributed by atoms with Crippen molar-refractivity contribution in [3.05, 3.63) is 65.9 Å². The molecule has 0 bridgehead atoms.